The van der Waals surface area contributed by atoms with Gasteiger partial charge in [0.2, 0.25) is 0 Å². The fourth-order valence-electron chi connectivity index (χ4n) is 1.54. The first-order chi connectivity index (χ1) is 7.61. The molecule has 0 aliphatic rings. The topological polar surface area (TPSA) is 12.5 Å². The van der Waals surface area contributed by atoms with E-state index in [1.807, 2.05) is 19.2 Å². The maximum atomic E-state index is 12.7. The van der Waals surface area contributed by atoms with E-state index in [2.05, 4.69) is 20.8 Å². The molecule has 0 aromatic heterocycles. The summed E-state index contributed by atoms with van der Waals surface area (Å²) in [7, 11) is 3.72. The lowest BCUT2D eigenvalue weighted by Crippen LogP contribution is -2.27. The van der Waals surface area contributed by atoms with Gasteiger partial charge >= 0.3 is 0 Å². The number of methoxy groups -OCH3 is 1. The first-order valence-electron chi connectivity index (χ1n) is 5.18. The molecule has 90 valence electrons. The third-order valence-corrected chi connectivity index (χ3v) is 2.78. The number of hydrogen-bond acceptors (Lipinski definition) is 2. The van der Waals surface area contributed by atoms with E-state index in [0.29, 0.717) is 11.4 Å². The maximum Gasteiger partial charge on any atom is 0.123 e. The average Bonchev–Trinajstić information content (AvgIpc) is 2.21. The Bertz CT molecular complexity index is 304. The molecule has 1 atom stereocenters. The number of rotatable bonds is 6. The van der Waals surface area contributed by atoms with Gasteiger partial charge in [0, 0.05) is 20.2 Å². The Balaban J connectivity index is 2.39. The van der Waals surface area contributed by atoms with Crippen LogP contribution in [0.25, 0.3) is 0 Å². The van der Waals surface area contributed by atoms with Gasteiger partial charge in [0.1, 0.15) is 5.82 Å². The largest absolute Gasteiger partial charge is 0.383 e. The summed E-state index contributed by atoms with van der Waals surface area (Å²) >= 11 is 3.54. The molecule has 16 heavy (non-hydrogen) atoms. The van der Waals surface area contributed by atoms with Crippen molar-refractivity contribution >= 4 is 15.9 Å². The van der Waals surface area contributed by atoms with E-state index >= 15 is 0 Å². The molecule has 0 aliphatic heterocycles. The van der Waals surface area contributed by atoms with E-state index in [1.54, 1.807) is 7.11 Å². The lowest BCUT2D eigenvalue weighted by molar-refractivity contribution is 0.185. The quantitative estimate of drug-likeness (QED) is 0.747. The highest BCUT2D eigenvalue weighted by Crippen LogP contribution is 2.08. The second kappa shape index (κ2) is 6.99. The summed E-state index contributed by atoms with van der Waals surface area (Å²) in [6.45, 7) is 2.39. The molecule has 4 heteroatoms. The minimum Gasteiger partial charge on any atom is -0.383 e. The normalized spacial score (nSPS) is 13.1. The molecular formula is C12H17BrFNO. The lowest BCUT2D eigenvalue weighted by atomic mass is 10.2. The van der Waals surface area contributed by atoms with Crippen molar-refractivity contribution in [3.63, 3.8) is 0 Å². The van der Waals surface area contributed by atoms with Crippen LogP contribution in [0.1, 0.15) is 5.56 Å². The number of ether oxygens (including phenoxy) is 1. The van der Waals surface area contributed by atoms with Gasteiger partial charge in [-0.25, -0.2) is 4.39 Å². The Morgan fingerprint density at radius 3 is 2.56 bits per heavy atom. The zero-order valence-electron chi connectivity index (χ0n) is 9.62. The predicted octanol–water partition coefficient (Wildman–Crippen LogP) is 2.67. The van der Waals surface area contributed by atoms with Crippen LogP contribution in [0.5, 0.6) is 0 Å². The summed E-state index contributed by atoms with van der Waals surface area (Å²) in [6.07, 6.45) is 0. The van der Waals surface area contributed by atoms with Gasteiger partial charge in [0.25, 0.3) is 0 Å². The molecular weight excluding hydrogens is 273 g/mol. The van der Waals surface area contributed by atoms with E-state index in [-0.39, 0.29) is 5.82 Å². The van der Waals surface area contributed by atoms with Crippen molar-refractivity contribution in [2.45, 2.75) is 11.4 Å². The Kier molecular flexibility index (Phi) is 5.95. The second-order valence-electron chi connectivity index (χ2n) is 3.88. The zero-order valence-corrected chi connectivity index (χ0v) is 11.2. The molecule has 0 amide bonds. The van der Waals surface area contributed by atoms with E-state index in [9.17, 15) is 4.39 Å². The third kappa shape index (κ3) is 5.05. The van der Waals surface area contributed by atoms with Crippen molar-refractivity contribution in [3.05, 3.63) is 35.6 Å². The standard InChI is InChI=1S/C12H17BrFNO/c1-15(8-11(13)9-16-2)7-10-3-5-12(14)6-4-10/h3-6,11H,7-9H2,1-2H3. The minimum atomic E-state index is -0.191. The van der Waals surface area contributed by atoms with E-state index in [0.717, 1.165) is 18.7 Å². The second-order valence-corrected chi connectivity index (χ2v) is 5.17. The highest BCUT2D eigenvalue weighted by Gasteiger charge is 2.08. The van der Waals surface area contributed by atoms with Crippen molar-refractivity contribution in [1.29, 1.82) is 0 Å². The third-order valence-electron chi connectivity index (χ3n) is 2.22. The fourth-order valence-corrected chi connectivity index (χ4v) is 2.30. The molecule has 0 bridgehead atoms. The van der Waals surface area contributed by atoms with Crippen molar-refractivity contribution < 1.29 is 9.13 Å². The summed E-state index contributed by atoms with van der Waals surface area (Å²) in [5.41, 5.74) is 1.11. The molecule has 1 unspecified atom stereocenters. The van der Waals surface area contributed by atoms with Gasteiger partial charge in [-0.05, 0) is 24.7 Å². The molecule has 1 aromatic carbocycles. The Morgan fingerprint density at radius 1 is 1.38 bits per heavy atom. The first-order valence-corrected chi connectivity index (χ1v) is 6.09. The van der Waals surface area contributed by atoms with Gasteiger partial charge in [-0.2, -0.15) is 0 Å². The van der Waals surface area contributed by atoms with Crippen molar-refractivity contribution in [3.8, 4) is 0 Å². The summed E-state index contributed by atoms with van der Waals surface area (Å²) in [4.78, 5) is 2.49. The molecule has 0 fully saturated rings. The number of hydrogen-bond donors (Lipinski definition) is 0. The minimum absolute atomic E-state index is 0.191. The predicted molar refractivity (Wildman–Crippen MR) is 67.3 cm³/mol. The van der Waals surface area contributed by atoms with Gasteiger partial charge < -0.3 is 9.64 Å². The summed E-state index contributed by atoms with van der Waals surface area (Å²) in [5.74, 6) is -0.191. The molecule has 1 rings (SSSR count). The van der Waals surface area contributed by atoms with Gasteiger partial charge in [-0.1, -0.05) is 28.1 Å². The van der Waals surface area contributed by atoms with Crippen LogP contribution in [0.2, 0.25) is 0 Å². The molecule has 0 saturated heterocycles. The van der Waals surface area contributed by atoms with Crippen LogP contribution in [0.4, 0.5) is 4.39 Å². The van der Waals surface area contributed by atoms with Gasteiger partial charge in [0.15, 0.2) is 0 Å². The van der Waals surface area contributed by atoms with Gasteiger partial charge in [-0.15, -0.1) is 0 Å². The average molecular weight is 290 g/mol. The molecule has 1 aromatic rings. The number of benzene rings is 1. The van der Waals surface area contributed by atoms with Crippen LogP contribution in [-0.4, -0.2) is 37.0 Å². The maximum absolute atomic E-state index is 12.7. The fraction of sp³-hybridized carbons (Fsp3) is 0.500. The SMILES string of the molecule is COCC(Br)CN(C)Cc1ccc(F)cc1. The Morgan fingerprint density at radius 2 is 2.00 bits per heavy atom. The molecule has 2 nitrogen and oxygen atoms in total. The van der Waals surface area contributed by atoms with Crippen LogP contribution in [-0.2, 0) is 11.3 Å². The Hall–Kier alpha value is -0.450. The van der Waals surface area contributed by atoms with Crippen LogP contribution >= 0.6 is 15.9 Å². The summed E-state index contributed by atoms with van der Waals surface area (Å²) < 4.78 is 17.7. The highest BCUT2D eigenvalue weighted by molar-refractivity contribution is 9.09. The number of alkyl halides is 1. The smallest absolute Gasteiger partial charge is 0.123 e. The molecule has 0 heterocycles. The van der Waals surface area contributed by atoms with E-state index < -0.39 is 0 Å². The first kappa shape index (κ1) is 13.6. The van der Waals surface area contributed by atoms with E-state index in [4.69, 9.17) is 4.74 Å². The molecule has 0 radical (unpaired) electrons. The van der Waals surface area contributed by atoms with Crippen molar-refractivity contribution in [2.75, 3.05) is 27.3 Å². The van der Waals surface area contributed by atoms with Crippen LogP contribution in [0, 0.1) is 5.82 Å². The van der Waals surface area contributed by atoms with Crippen LogP contribution in [0.15, 0.2) is 24.3 Å². The van der Waals surface area contributed by atoms with Crippen molar-refractivity contribution in [1.82, 2.24) is 4.90 Å². The Labute approximate surface area is 105 Å². The van der Waals surface area contributed by atoms with E-state index in [1.165, 1.54) is 12.1 Å². The van der Waals surface area contributed by atoms with Crippen LogP contribution < -0.4 is 0 Å². The van der Waals surface area contributed by atoms with Gasteiger partial charge in [-0.3, -0.25) is 0 Å². The molecule has 0 spiro atoms. The number of nitrogens with zero attached hydrogens (tertiary/aromatic N) is 1. The summed E-state index contributed by atoms with van der Waals surface area (Å²) in [5, 5.41) is 0. The molecule has 0 aliphatic carbocycles. The molecule has 0 N–H and O–H groups in total. The number of halogens is 2. The monoisotopic (exact) mass is 289 g/mol. The highest BCUT2D eigenvalue weighted by atomic mass is 79.9. The van der Waals surface area contributed by atoms with Crippen LogP contribution in [0.3, 0.4) is 0 Å². The molecule has 0 saturated carbocycles. The van der Waals surface area contributed by atoms with Crippen molar-refractivity contribution in [2.24, 2.45) is 0 Å². The zero-order chi connectivity index (χ0) is 12.0. The van der Waals surface area contributed by atoms with Gasteiger partial charge in [0.05, 0.1) is 11.4 Å². The summed E-state index contributed by atoms with van der Waals surface area (Å²) in [6, 6.07) is 6.60. The lowest BCUT2D eigenvalue weighted by Gasteiger charge is -2.19.